The molecule has 0 unspecified atom stereocenters. The standard InChI is InChI=1S/C34H41NO4/c1-7-18(2)14-33(6)15-21(5)26-24-13-19(3)12-20(4)27(24)31-28(26)29(33)30(36)25-17-34(38,35-32(25)37)16-22-8-10-23(39-31)11-9-22/h7-11,14-15,17,19-20,24,26-29,31,38H,1,12-13,16H2,2-6H3,(H,35,37)/t19-,20+,24+,26+,27-,28+,29+,31-,33+,34-/m0/s1. The number of carbonyl (C=O) groups excluding carboxylic acids is 2. The van der Waals surface area contributed by atoms with Crippen LogP contribution in [0.15, 0.2) is 71.9 Å². The van der Waals surface area contributed by atoms with Gasteiger partial charge in [0.1, 0.15) is 11.9 Å². The summed E-state index contributed by atoms with van der Waals surface area (Å²) in [5, 5.41) is 14.1. The van der Waals surface area contributed by atoms with Gasteiger partial charge in [-0.2, -0.15) is 0 Å². The molecule has 0 radical (unpaired) electrons. The number of allylic oxidation sites excluding steroid dienone is 5. The molecule has 1 amide bonds. The number of Topliss-reactive ketones (excluding diaryl/α,β-unsaturated/α-hetero) is 1. The maximum Gasteiger partial charge on any atom is 0.257 e. The summed E-state index contributed by atoms with van der Waals surface area (Å²) >= 11 is 0. The van der Waals surface area contributed by atoms with Gasteiger partial charge < -0.3 is 15.2 Å². The second-order valence-corrected chi connectivity index (χ2v) is 13.4. The van der Waals surface area contributed by atoms with Gasteiger partial charge in [0.25, 0.3) is 5.91 Å². The third-order valence-corrected chi connectivity index (χ3v) is 10.4. The number of aliphatic hydroxyl groups is 1. The molecule has 3 heterocycles. The molecule has 1 aromatic rings. The van der Waals surface area contributed by atoms with Crippen molar-refractivity contribution in [1.82, 2.24) is 5.32 Å². The van der Waals surface area contributed by atoms with E-state index in [9.17, 15) is 14.7 Å². The molecule has 3 aliphatic heterocycles. The maximum atomic E-state index is 14.7. The van der Waals surface area contributed by atoms with Crippen LogP contribution in [0.2, 0.25) is 0 Å². The van der Waals surface area contributed by atoms with Crippen LogP contribution < -0.4 is 10.1 Å². The van der Waals surface area contributed by atoms with Crippen molar-refractivity contribution in [1.29, 1.82) is 0 Å². The first kappa shape index (κ1) is 26.3. The van der Waals surface area contributed by atoms with Crippen LogP contribution in [-0.2, 0) is 16.0 Å². The fraction of sp³-hybridized carbons (Fsp3) is 0.529. The highest BCUT2D eigenvalue weighted by molar-refractivity contribution is 6.22. The van der Waals surface area contributed by atoms with Crippen molar-refractivity contribution >= 4 is 11.7 Å². The Hall–Kier alpha value is -2.92. The Balaban J connectivity index is 1.61. The van der Waals surface area contributed by atoms with Gasteiger partial charge in [-0.1, -0.05) is 68.9 Å². The number of nitrogens with one attached hydrogen (secondary N) is 1. The van der Waals surface area contributed by atoms with Gasteiger partial charge in [0.15, 0.2) is 11.5 Å². The minimum absolute atomic E-state index is 0.0649. The van der Waals surface area contributed by atoms with Crippen LogP contribution in [0.1, 0.15) is 53.0 Å². The molecular weight excluding hydrogens is 486 g/mol. The van der Waals surface area contributed by atoms with Gasteiger partial charge in [-0.25, -0.2) is 0 Å². The Kier molecular flexibility index (Phi) is 6.11. The highest BCUT2D eigenvalue weighted by Gasteiger charge is 2.63. The minimum Gasteiger partial charge on any atom is -0.490 e. The smallest absolute Gasteiger partial charge is 0.257 e. The number of carbonyl (C=O) groups is 2. The number of benzene rings is 1. The van der Waals surface area contributed by atoms with Gasteiger partial charge in [-0.05, 0) is 74.1 Å². The number of amides is 1. The molecule has 2 N–H and O–H groups in total. The molecule has 10 atom stereocenters. The monoisotopic (exact) mass is 527 g/mol. The zero-order chi connectivity index (χ0) is 27.9. The van der Waals surface area contributed by atoms with E-state index < -0.39 is 23.0 Å². The Labute approximate surface area is 232 Å². The molecule has 2 saturated carbocycles. The first-order valence-corrected chi connectivity index (χ1v) is 14.5. The van der Waals surface area contributed by atoms with Gasteiger partial charge >= 0.3 is 0 Å². The summed E-state index contributed by atoms with van der Waals surface area (Å²) in [6, 6.07) is 7.84. The van der Waals surface area contributed by atoms with Crippen molar-refractivity contribution in [3.63, 3.8) is 0 Å². The molecule has 206 valence electrons. The maximum absolute atomic E-state index is 14.7. The van der Waals surface area contributed by atoms with Crippen LogP contribution in [0.3, 0.4) is 0 Å². The lowest BCUT2D eigenvalue weighted by Gasteiger charge is -2.46. The van der Waals surface area contributed by atoms with Crippen LogP contribution in [0, 0.1) is 46.8 Å². The Morgan fingerprint density at radius 2 is 1.85 bits per heavy atom. The molecule has 2 fully saturated rings. The quantitative estimate of drug-likeness (QED) is 0.300. The molecule has 6 aliphatic rings. The number of hydrogen-bond acceptors (Lipinski definition) is 4. The van der Waals surface area contributed by atoms with E-state index in [1.807, 2.05) is 37.3 Å². The fourth-order valence-electron chi connectivity index (χ4n) is 9.26. The number of rotatable bonds is 2. The molecule has 4 bridgehead atoms. The van der Waals surface area contributed by atoms with Crippen LogP contribution in [0.5, 0.6) is 5.75 Å². The van der Waals surface area contributed by atoms with E-state index in [4.69, 9.17) is 4.74 Å². The largest absolute Gasteiger partial charge is 0.490 e. The van der Waals surface area contributed by atoms with Gasteiger partial charge in [-0.15, -0.1) is 0 Å². The Morgan fingerprint density at radius 3 is 2.54 bits per heavy atom. The summed E-state index contributed by atoms with van der Waals surface area (Å²) in [6.45, 7) is 15.0. The van der Waals surface area contributed by atoms with Crippen LogP contribution in [0.25, 0.3) is 0 Å². The topological polar surface area (TPSA) is 75.6 Å². The Morgan fingerprint density at radius 1 is 1.13 bits per heavy atom. The van der Waals surface area contributed by atoms with Crippen molar-refractivity contribution in [3.05, 3.63) is 77.4 Å². The SMILES string of the molecule is C=CC(C)=C[C@]1(C)C=C(C)[C@@H]2[C@H]3C[C@@H](C)C[C@@H](C)[C@@H]3[C@@H]3Oc4ccc(cc4)C[C@]4(O)C=C(C(=O)N4)C(=O)[C@H]1[C@H]32. The molecule has 39 heavy (non-hydrogen) atoms. The van der Waals surface area contributed by atoms with E-state index in [-0.39, 0.29) is 35.7 Å². The zero-order valence-electron chi connectivity index (χ0n) is 23.7. The van der Waals surface area contributed by atoms with E-state index in [2.05, 4.69) is 51.7 Å². The van der Waals surface area contributed by atoms with E-state index >= 15 is 0 Å². The lowest BCUT2D eigenvalue weighted by molar-refractivity contribution is -0.129. The van der Waals surface area contributed by atoms with E-state index in [1.165, 1.54) is 11.6 Å². The van der Waals surface area contributed by atoms with E-state index in [0.29, 0.717) is 23.7 Å². The van der Waals surface area contributed by atoms with Crippen LogP contribution in [-0.4, -0.2) is 28.6 Å². The summed E-state index contributed by atoms with van der Waals surface area (Å²) in [7, 11) is 0. The summed E-state index contributed by atoms with van der Waals surface area (Å²) < 4.78 is 6.97. The first-order valence-electron chi connectivity index (χ1n) is 14.5. The molecule has 0 spiro atoms. The average Bonchev–Trinajstić information content (AvgIpc) is 3.33. The van der Waals surface area contributed by atoms with E-state index in [1.54, 1.807) is 0 Å². The predicted octanol–water partition coefficient (Wildman–Crippen LogP) is 5.56. The summed E-state index contributed by atoms with van der Waals surface area (Å²) in [5.41, 5.74) is 0.978. The van der Waals surface area contributed by atoms with Crippen LogP contribution >= 0.6 is 0 Å². The van der Waals surface area contributed by atoms with Crippen molar-refractivity contribution in [2.24, 2.45) is 46.8 Å². The summed E-state index contributed by atoms with van der Waals surface area (Å²) in [6.07, 6.45) is 9.98. The second-order valence-electron chi connectivity index (χ2n) is 13.4. The lowest BCUT2D eigenvalue weighted by Crippen LogP contribution is -2.49. The fourth-order valence-corrected chi connectivity index (χ4v) is 9.26. The highest BCUT2D eigenvalue weighted by Crippen LogP contribution is 2.63. The molecule has 7 rings (SSSR count). The number of ether oxygens (including phenoxy) is 1. The Bertz CT molecular complexity index is 1320. The predicted molar refractivity (Wildman–Crippen MR) is 152 cm³/mol. The molecule has 5 heteroatoms. The van der Waals surface area contributed by atoms with Crippen molar-refractivity contribution in [3.8, 4) is 5.75 Å². The number of hydrogen-bond donors (Lipinski definition) is 2. The second kappa shape index (κ2) is 9.05. The molecular formula is C34H41NO4. The number of ketones is 1. The molecule has 3 aliphatic carbocycles. The molecule has 0 saturated heterocycles. The van der Waals surface area contributed by atoms with Crippen molar-refractivity contribution < 1.29 is 19.4 Å². The van der Waals surface area contributed by atoms with Gasteiger partial charge in [0.2, 0.25) is 0 Å². The van der Waals surface area contributed by atoms with Gasteiger partial charge in [-0.3, -0.25) is 9.59 Å². The average molecular weight is 528 g/mol. The van der Waals surface area contributed by atoms with Crippen molar-refractivity contribution in [2.45, 2.75) is 65.7 Å². The number of fused-ring (bicyclic) bond motifs is 4. The van der Waals surface area contributed by atoms with E-state index in [0.717, 1.165) is 29.7 Å². The first-order chi connectivity index (χ1) is 18.4. The normalized spacial score (nSPS) is 43.1. The minimum atomic E-state index is -1.60. The summed E-state index contributed by atoms with van der Waals surface area (Å²) in [4.78, 5) is 28.0. The summed E-state index contributed by atoms with van der Waals surface area (Å²) in [5.74, 6) is 1.47. The highest BCUT2D eigenvalue weighted by atomic mass is 16.5. The van der Waals surface area contributed by atoms with Gasteiger partial charge in [0.05, 0.1) is 5.57 Å². The lowest BCUT2D eigenvalue weighted by atomic mass is 9.57. The van der Waals surface area contributed by atoms with Crippen LogP contribution in [0.4, 0.5) is 0 Å². The zero-order valence-corrected chi connectivity index (χ0v) is 23.7. The van der Waals surface area contributed by atoms with Gasteiger partial charge in [0, 0.05) is 29.6 Å². The third kappa shape index (κ3) is 4.16. The molecule has 1 aromatic carbocycles. The van der Waals surface area contributed by atoms with Crippen molar-refractivity contribution in [2.75, 3.05) is 0 Å². The third-order valence-electron chi connectivity index (χ3n) is 10.4. The molecule has 5 nitrogen and oxygen atoms in total. The molecule has 0 aromatic heterocycles.